The number of hydrogen-bond donors (Lipinski definition) is 1. The summed E-state index contributed by atoms with van der Waals surface area (Å²) in [7, 11) is 0. The van der Waals surface area contributed by atoms with E-state index in [0.717, 1.165) is 38.5 Å². The Kier molecular flexibility index (Phi) is 16.5. The van der Waals surface area contributed by atoms with Crippen molar-refractivity contribution in [3.05, 3.63) is 0 Å². The molecule has 0 saturated carbocycles. The van der Waals surface area contributed by atoms with Crippen LogP contribution in [-0.4, -0.2) is 17.5 Å². The second kappa shape index (κ2) is 14.2. The van der Waals surface area contributed by atoms with Crippen molar-refractivity contribution in [3.8, 4) is 0 Å². The van der Waals surface area contributed by atoms with Gasteiger partial charge in [-0.25, -0.2) is 0 Å². The Balaban J connectivity index is 0. The first-order chi connectivity index (χ1) is 6.22. The molecule has 0 heterocycles. The number of Topliss-reactive ketones (excluding diaryl/α,β-unsaturated/α-hetero) is 1. The third-order valence-corrected chi connectivity index (χ3v) is 1.56. The maximum Gasteiger partial charge on any atom is 0.132 e. The van der Waals surface area contributed by atoms with Crippen molar-refractivity contribution in [2.24, 2.45) is 0 Å². The van der Waals surface area contributed by atoms with Crippen molar-refractivity contribution >= 4 is 5.78 Å². The third kappa shape index (κ3) is 18.5. The second-order valence-electron chi connectivity index (χ2n) is 3.12. The number of aliphatic hydroxyl groups is 1. The first kappa shape index (κ1) is 15.1. The van der Waals surface area contributed by atoms with E-state index in [-0.39, 0.29) is 0 Å². The fourth-order valence-electron chi connectivity index (χ4n) is 0.778. The lowest BCUT2D eigenvalue weighted by Crippen LogP contribution is -1.95. The average molecular weight is 188 g/mol. The van der Waals surface area contributed by atoms with Crippen LogP contribution in [0.15, 0.2) is 0 Å². The van der Waals surface area contributed by atoms with Gasteiger partial charge in [0.1, 0.15) is 5.78 Å². The van der Waals surface area contributed by atoms with Gasteiger partial charge in [0.25, 0.3) is 0 Å². The molecular weight excluding hydrogens is 164 g/mol. The minimum absolute atomic E-state index is 0.319. The van der Waals surface area contributed by atoms with Crippen LogP contribution in [0.4, 0.5) is 0 Å². The number of hydrogen-bond acceptors (Lipinski definition) is 2. The fourth-order valence-corrected chi connectivity index (χ4v) is 0.778. The van der Waals surface area contributed by atoms with Crippen LogP contribution >= 0.6 is 0 Å². The van der Waals surface area contributed by atoms with Crippen LogP contribution in [0.25, 0.3) is 0 Å². The average Bonchev–Trinajstić information content (AvgIpc) is 2.16. The van der Waals surface area contributed by atoms with Crippen LogP contribution in [0.5, 0.6) is 0 Å². The van der Waals surface area contributed by atoms with Gasteiger partial charge in [-0.1, -0.05) is 27.2 Å². The lowest BCUT2D eigenvalue weighted by atomic mass is 10.1. The molecule has 1 N–H and O–H groups in total. The van der Waals surface area contributed by atoms with Crippen molar-refractivity contribution in [3.63, 3.8) is 0 Å². The predicted molar refractivity (Wildman–Crippen MR) is 56.8 cm³/mol. The number of aliphatic hydroxyl groups excluding tert-OH is 1. The lowest BCUT2D eigenvalue weighted by Gasteiger charge is -1.94. The largest absolute Gasteiger partial charge is 0.396 e. The number of unbranched alkanes of at least 4 members (excludes halogenated alkanes) is 1. The molecule has 0 spiro atoms. The lowest BCUT2D eigenvalue weighted by molar-refractivity contribution is -0.119. The Morgan fingerprint density at radius 3 is 1.85 bits per heavy atom. The molecule has 2 heteroatoms. The third-order valence-electron chi connectivity index (χ3n) is 1.56. The standard InChI is InChI=1S/C8H16O.C3H8O/c1-3-5-7-8(9)6-4-2;1-2-3-4/h3-7H2,1-2H3;4H,2-3H2,1H3. The smallest absolute Gasteiger partial charge is 0.132 e. The van der Waals surface area contributed by atoms with E-state index in [0.29, 0.717) is 12.4 Å². The summed E-state index contributed by atoms with van der Waals surface area (Å²) in [5, 5.41) is 7.88. The fraction of sp³-hybridized carbons (Fsp3) is 0.909. The second-order valence-corrected chi connectivity index (χ2v) is 3.12. The summed E-state index contributed by atoms with van der Waals surface area (Å²) in [6.45, 7) is 6.41. The van der Waals surface area contributed by atoms with Gasteiger partial charge in [0, 0.05) is 19.4 Å². The highest BCUT2D eigenvalue weighted by Crippen LogP contribution is 1.99. The zero-order valence-corrected chi connectivity index (χ0v) is 9.31. The topological polar surface area (TPSA) is 37.3 Å². The molecule has 0 aromatic rings. The van der Waals surface area contributed by atoms with Gasteiger partial charge in [0.05, 0.1) is 0 Å². The first-order valence-electron chi connectivity index (χ1n) is 5.35. The van der Waals surface area contributed by atoms with E-state index in [9.17, 15) is 4.79 Å². The SMILES string of the molecule is CCCCC(=O)CCC.CCCO. The van der Waals surface area contributed by atoms with Gasteiger partial charge in [-0.15, -0.1) is 0 Å². The molecule has 0 aromatic carbocycles. The summed E-state index contributed by atoms with van der Waals surface area (Å²) in [5.74, 6) is 0.430. The van der Waals surface area contributed by atoms with Gasteiger partial charge in [0.2, 0.25) is 0 Å². The molecule has 0 rings (SSSR count). The molecule has 13 heavy (non-hydrogen) atoms. The molecule has 0 aliphatic carbocycles. The molecule has 0 saturated heterocycles. The Morgan fingerprint density at radius 2 is 1.54 bits per heavy atom. The summed E-state index contributed by atoms with van der Waals surface area (Å²) in [6.07, 6.45) is 5.65. The number of ketones is 1. The van der Waals surface area contributed by atoms with E-state index in [2.05, 4.69) is 6.92 Å². The molecule has 0 bridgehead atoms. The zero-order chi connectivity index (χ0) is 10.5. The van der Waals surface area contributed by atoms with Crippen LogP contribution in [0.2, 0.25) is 0 Å². The van der Waals surface area contributed by atoms with E-state index in [1.54, 1.807) is 0 Å². The predicted octanol–water partition coefficient (Wildman–Crippen LogP) is 2.93. The minimum Gasteiger partial charge on any atom is -0.396 e. The van der Waals surface area contributed by atoms with Crippen molar-refractivity contribution in [2.75, 3.05) is 6.61 Å². The Bertz CT molecular complexity index is 98.3. The minimum atomic E-state index is 0.319. The Hall–Kier alpha value is -0.370. The van der Waals surface area contributed by atoms with Gasteiger partial charge in [-0.3, -0.25) is 4.79 Å². The summed E-state index contributed by atoms with van der Waals surface area (Å²) in [6, 6.07) is 0. The molecule has 0 atom stereocenters. The van der Waals surface area contributed by atoms with Crippen LogP contribution in [0.1, 0.15) is 59.3 Å². The molecule has 0 unspecified atom stereocenters. The van der Waals surface area contributed by atoms with E-state index >= 15 is 0 Å². The molecule has 0 fully saturated rings. The Morgan fingerprint density at radius 1 is 1.00 bits per heavy atom. The molecule has 0 radical (unpaired) electrons. The number of carbonyl (C=O) groups is 1. The number of carbonyl (C=O) groups excluding carboxylic acids is 1. The van der Waals surface area contributed by atoms with Gasteiger partial charge in [-0.2, -0.15) is 0 Å². The van der Waals surface area contributed by atoms with E-state index in [1.165, 1.54) is 0 Å². The molecule has 2 nitrogen and oxygen atoms in total. The summed E-state index contributed by atoms with van der Waals surface area (Å²) in [5.41, 5.74) is 0. The van der Waals surface area contributed by atoms with Crippen LogP contribution in [0, 0.1) is 0 Å². The van der Waals surface area contributed by atoms with Gasteiger partial charge in [-0.05, 0) is 19.3 Å². The normalized spacial score (nSPS) is 8.92. The maximum absolute atomic E-state index is 10.8. The highest BCUT2D eigenvalue weighted by Gasteiger charge is 1.96. The van der Waals surface area contributed by atoms with Crippen LogP contribution in [0.3, 0.4) is 0 Å². The number of rotatable bonds is 6. The first-order valence-corrected chi connectivity index (χ1v) is 5.35. The Labute approximate surface area is 82.4 Å². The van der Waals surface area contributed by atoms with Crippen LogP contribution in [-0.2, 0) is 4.79 Å². The molecule has 0 aliphatic heterocycles. The molecule has 0 amide bonds. The zero-order valence-electron chi connectivity index (χ0n) is 9.31. The monoisotopic (exact) mass is 188 g/mol. The highest BCUT2D eigenvalue weighted by atomic mass is 16.2. The summed E-state index contributed by atoms with van der Waals surface area (Å²) >= 11 is 0. The molecule has 0 aromatic heterocycles. The van der Waals surface area contributed by atoms with E-state index in [4.69, 9.17) is 5.11 Å². The van der Waals surface area contributed by atoms with Crippen molar-refractivity contribution in [1.82, 2.24) is 0 Å². The molecule has 0 aliphatic rings. The van der Waals surface area contributed by atoms with E-state index < -0.39 is 0 Å². The maximum atomic E-state index is 10.8. The van der Waals surface area contributed by atoms with E-state index in [1.807, 2.05) is 13.8 Å². The van der Waals surface area contributed by atoms with Crippen molar-refractivity contribution in [1.29, 1.82) is 0 Å². The highest BCUT2D eigenvalue weighted by molar-refractivity contribution is 5.78. The van der Waals surface area contributed by atoms with Crippen molar-refractivity contribution < 1.29 is 9.90 Å². The van der Waals surface area contributed by atoms with Gasteiger partial charge in [0.15, 0.2) is 0 Å². The van der Waals surface area contributed by atoms with Gasteiger partial charge >= 0.3 is 0 Å². The van der Waals surface area contributed by atoms with Gasteiger partial charge < -0.3 is 5.11 Å². The quantitative estimate of drug-likeness (QED) is 0.696. The summed E-state index contributed by atoms with van der Waals surface area (Å²) in [4.78, 5) is 10.8. The molecule has 80 valence electrons. The van der Waals surface area contributed by atoms with Crippen molar-refractivity contribution in [2.45, 2.75) is 59.3 Å². The summed E-state index contributed by atoms with van der Waals surface area (Å²) < 4.78 is 0. The van der Waals surface area contributed by atoms with Crippen LogP contribution < -0.4 is 0 Å². The molecular formula is C11H24O2.